The van der Waals surface area contributed by atoms with Gasteiger partial charge in [-0.25, -0.2) is 19.6 Å². The highest BCUT2D eigenvalue weighted by Gasteiger charge is 2.31. The summed E-state index contributed by atoms with van der Waals surface area (Å²) in [5.41, 5.74) is 7.30. The molecule has 2 fully saturated rings. The number of piperidine rings is 2. The summed E-state index contributed by atoms with van der Waals surface area (Å²) in [6.07, 6.45) is 5.65. The second-order valence-electron chi connectivity index (χ2n) is 16.9. The fraction of sp³-hybridized carbons (Fsp3) is 0.320. The highest BCUT2D eigenvalue weighted by atomic mass is 16.4. The van der Waals surface area contributed by atoms with Gasteiger partial charge in [-0.3, -0.25) is 9.97 Å². The van der Waals surface area contributed by atoms with Crippen LogP contribution in [0, 0.1) is 11.8 Å². The minimum Gasteiger partial charge on any atom is -0.465 e. The van der Waals surface area contributed by atoms with Gasteiger partial charge in [-0.15, -0.1) is 0 Å². The van der Waals surface area contributed by atoms with Crippen LogP contribution in [0.1, 0.15) is 46.5 Å². The van der Waals surface area contributed by atoms with Crippen LogP contribution in [0.5, 0.6) is 0 Å². The molecule has 4 heterocycles. The summed E-state index contributed by atoms with van der Waals surface area (Å²) in [5, 5.41) is 20.9. The van der Waals surface area contributed by atoms with Gasteiger partial charge < -0.3 is 30.2 Å². The maximum absolute atomic E-state index is 11.7. The quantitative estimate of drug-likeness (QED) is 0.122. The molecule has 4 aromatic carbocycles. The van der Waals surface area contributed by atoms with Gasteiger partial charge in [0.2, 0.25) is 0 Å². The predicted octanol–water partition coefficient (Wildman–Crippen LogP) is 10.1. The first-order valence-electron chi connectivity index (χ1n) is 21.5. The van der Waals surface area contributed by atoms with E-state index in [1.54, 1.807) is 4.90 Å². The molecule has 0 unspecified atom stereocenters. The molecule has 0 aliphatic carbocycles. The number of hydrogen-bond donors (Lipinski definition) is 3. The first kappa shape index (κ1) is 43.3. The molecule has 8 rings (SSSR count). The number of anilines is 2. The highest BCUT2D eigenvalue weighted by molar-refractivity contribution is 5.80. The third kappa shape index (κ3) is 11.1. The molecule has 0 spiro atoms. The number of amides is 2. The summed E-state index contributed by atoms with van der Waals surface area (Å²) in [5.74, 6) is 2.46. The monoisotopic (exact) mass is 832 g/mol. The van der Waals surface area contributed by atoms with Gasteiger partial charge in [-0.05, 0) is 58.3 Å². The number of nitrogens with zero attached hydrogens (tertiary/aromatic N) is 7. The van der Waals surface area contributed by atoms with Crippen molar-refractivity contribution in [2.24, 2.45) is 11.8 Å². The Balaban J connectivity index is 0.000000188. The second-order valence-corrected chi connectivity index (χ2v) is 16.9. The van der Waals surface area contributed by atoms with Crippen molar-refractivity contribution in [3.05, 3.63) is 134 Å². The van der Waals surface area contributed by atoms with E-state index in [1.807, 2.05) is 106 Å². The van der Waals surface area contributed by atoms with E-state index in [9.17, 15) is 14.7 Å². The molecule has 2 aliphatic heterocycles. The van der Waals surface area contributed by atoms with Crippen LogP contribution in [-0.4, -0.2) is 92.0 Å². The van der Waals surface area contributed by atoms with E-state index in [0.717, 1.165) is 109 Å². The number of aromatic nitrogens is 4. The van der Waals surface area contributed by atoms with Crippen LogP contribution in [-0.2, 0) is 0 Å². The van der Waals surface area contributed by atoms with Crippen molar-refractivity contribution in [1.29, 1.82) is 0 Å². The summed E-state index contributed by atoms with van der Waals surface area (Å²) in [7, 11) is 0. The average Bonchev–Trinajstić information content (AvgIpc) is 3.31. The van der Waals surface area contributed by atoms with Gasteiger partial charge in [0.05, 0.1) is 35.2 Å². The van der Waals surface area contributed by atoms with Gasteiger partial charge in [0.25, 0.3) is 0 Å². The normalized spacial score (nSPS) is 14.7. The zero-order chi connectivity index (χ0) is 43.5. The Labute approximate surface area is 364 Å². The van der Waals surface area contributed by atoms with Crippen LogP contribution in [0.25, 0.3) is 45.0 Å². The lowest BCUT2D eigenvalue weighted by Crippen LogP contribution is -2.49. The molecular formula is C50H56N8O4. The number of benzene rings is 4. The average molecular weight is 833 g/mol. The zero-order valence-corrected chi connectivity index (χ0v) is 35.8. The largest absolute Gasteiger partial charge is 0.465 e. The Morgan fingerprint density at radius 3 is 1.27 bits per heavy atom. The summed E-state index contributed by atoms with van der Waals surface area (Å²) in [6.45, 7) is 10.3. The SMILES string of the molecule is CC(C)(C)N(CC1CCN(c2cnc(-c3ccccc3)c(-c3ccccc3)n2)CC1)C(=O)O.O=C(O)NCC1CCN(c2cnc(-c3ccccc3)c(-c3ccccc3)n2)CC1. The van der Waals surface area contributed by atoms with E-state index in [4.69, 9.17) is 25.0 Å². The molecule has 3 N–H and O–H groups in total. The lowest BCUT2D eigenvalue weighted by Gasteiger charge is -2.39. The van der Waals surface area contributed by atoms with E-state index in [0.29, 0.717) is 24.9 Å². The molecule has 0 saturated carbocycles. The molecule has 320 valence electrons. The van der Waals surface area contributed by atoms with E-state index in [1.165, 1.54) is 0 Å². The van der Waals surface area contributed by atoms with Crippen molar-refractivity contribution in [3.63, 3.8) is 0 Å². The third-order valence-electron chi connectivity index (χ3n) is 11.6. The van der Waals surface area contributed by atoms with E-state index in [-0.39, 0.29) is 0 Å². The Morgan fingerprint density at radius 2 is 0.935 bits per heavy atom. The topological polar surface area (TPSA) is 148 Å². The molecule has 0 atom stereocenters. The first-order valence-corrected chi connectivity index (χ1v) is 21.5. The Hall–Kier alpha value is -6.82. The van der Waals surface area contributed by atoms with Crippen LogP contribution in [0.2, 0.25) is 0 Å². The van der Waals surface area contributed by atoms with Crippen molar-refractivity contribution in [1.82, 2.24) is 30.2 Å². The van der Waals surface area contributed by atoms with Gasteiger partial charge in [0.15, 0.2) is 0 Å². The van der Waals surface area contributed by atoms with Crippen LogP contribution >= 0.6 is 0 Å². The summed E-state index contributed by atoms with van der Waals surface area (Å²) in [4.78, 5) is 48.2. The minimum atomic E-state index is -0.956. The molecule has 2 aromatic heterocycles. The molecule has 2 amide bonds. The summed E-state index contributed by atoms with van der Waals surface area (Å²) < 4.78 is 0. The number of carbonyl (C=O) groups is 2. The Bertz CT molecular complexity index is 2360. The molecule has 2 aliphatic rings. The first-order chi connectivity index (χ1) is 30.0. The van der Waals surface area contributed by atoms with Crippen molar-refractivity contribution in [2.75, 3.05) is 49.1 Å². The Morgan fingerprint density at radius 1 is 0.581 bits per heavy atom. The maximum Gasteiger partial charge on any atom is 0.407 e. The molecule has 2 saturated heterocycles. The van der Waals surface area contributed by atoms with Crippen LogP contribution in [0.15, 0.2) is 134 Å². The second kappa shape index (κ2) is 20.2. The molecule has 62 heavy (non-hydrogen) atoms. The summed E-state index contributed by atoms with van der Waals surface area (Å²) in [6, 6.07) is 40.6. The number of hydrogen-bond acceptors (Lipinski definition) is 8. The zero-order valence-electron chi connectivity index (χ0n) is 35.8. The van der Waals surface area contributed by atoms with Crippen LogP contribution in [0.4, 0.5) is 21.2 Å². The maximum atomic E-state index is 11.7. The van der Waals surface area contributed by atoms with Crippen LogP contribution < -0.4 is 15.1 Å². The third-order valence-corrected chi connectivity index (χ3v) is 11.6. The van der Waals surface area contributed by atoms with Crippen molar-refractivity contribution in [2.45, 2.75) is 52.0 Å². The number of carboxylic acid groups (broad SMARTS) is 2. The van der Waals surface area contributed by atoms with E-state index < -0.39 is 17.7 Å². The predicted molar refractivity (Wildman–Crippen MR) is 246 cm³/mol. The molecule has 12 nitrogen and oxygen atoms in total. The van der Waals surface area contributed by atoms with Gasteiger partial charge in [-0.1, -0.05) is 121 Å². The smallest absolute Gasteiger partial charge is 0.407 e. The van der Waals surface area contributed by atoms with Crippen molar-refractivity contribution >= 4 is 23.8 Å². The van der Waals surface area contributed by atoms with Crippen molar-refractivity contribution < 1.29 is 19.8 Å². The molecular weight excluding hydrogens is 777 g/mol. The fourth-order valence-electron chi connectivity index (χ4n) is 8.11. The van der Waals surface area contributed by atoms with Gasteiger partial charge >= 0.3 is 12.2 Å². The van der Waals surface area contributed by atoms with E-state index >= 15 is 0 Å². The van der Waals surface area contributed by atoms with Crippen molar-refractivity contribution in [3.8, 4) is 45.0 Å². The lowest BCUT2D eigenvalue weighted by molar-refractivity contribution is 0.0851. The Kier molecular flexibility index (Phi) is 14.1. The van der Waals surface area contributed by atoms with E-state index in [2.05, 4.69) is 63.6 Å². The lowest BCUT2D eigenvalue weighted by atomic mass is 9.94. The minimum absolute atomic E-state index is 0.349. The standard InChI is InChI=1S/C27H32N4O2.C23H24N4O2/c1-27(2,3)31(26(32)33)19-20-14-16-30(17-15-20)23-18-28-24(21-10-6-4-7-11-21)25(29-23)22-12-8-5-9-13-22;28-23(29)25-15-17-11-13-27(14-12-17)20-16-24-21(18-7-3-1-4-8-18)22(26-20)19-9-5-2-6-10-19/h4-13,18,20H,14-17,19H2,1-3H3,(H,32,33);1-10,16-17,25H,11-15H2,(H,28,29). The van der Waals surface area contributed by atoms with Crippen LogP contribution in [0.3, 0.4) is 0 Å². The molecule has 6 aromatic rings. The summed E-state index contributed by atoms with van der Waals surface area (Å²) >= 11 is 0. The van der Waals surface area contributed by atoms with Gasteiger partial charge in [0, 0.05) is 67.1 Å². The number of rotatable bonds is 10. The molecule has 12 heteroatoms. The van der Waals surface area contributed by atoms with Gasteiger partial charge in [-0.2, -0.15) is 0 Å². The number of nitrogens with one attached hydrogen (secondary N) is 1. The molecule has 0 bridgehead atoms. The fourth-order valence-corrected chi connectivity index (χ4v) is 8.11. The highest BCUT2D eigenvalue weighted by Crippen LogP contribution is 2.34. The molecule has 0 radical (unpaired) electrons. The van der Waals surface area contributed by atoms with Gasteiger partial charge in [0.1, 0.15) is 11.6 Å².